The number of benzene rings is 2. The van der Waals surface area contributed by atoms with E-state index in [4.69, 9.17) is 5.11 Å². The van der Waals surface area contributed by atoms with E-state index < -0.39 is 12.6 Å². The van der Waals surface area contributed by atoms with Gasteiger partial charge in [-0.25, -0.2) is 14.2 Å². The Kier molecular flexibility index (Phi) is 5.91. The number of carboxylic acid groups (broad SMARTS) is 1. The van der Waals surface area contributed by atoms with E-state index in [-0.39, 0.29) is 11.5 Å². The maximum atomic E-state index is 12.7. The normalized spacial score (nSPS) is 10.6. The fraction of sp³-hybridized carbons (Fsp3) is 0.300. The van der Waals surface area contributed by atoms with Crippen molar-refractivity contribution in [3.05, 3.63) is 59.4 Å². The molecule has 0 fully saturated rings. The molecule has 0 atom stereocenters. The van der Waals surface area contributed by atoms with Crippen LogP contribution in [0.15, 0.2) is 42.5 Å². The van der Waals surface area contributed by atoms with Gasteiger partial charge in [-0.2, -0.15) is 0 Å². The summed E-state index contributed by atoms with van der Waals surface area (Å²) in [6.45, 7) is 7.57. The van der Waals surface area contributed by atoms with Crippen molar-refractivity contribution in [3.8, 4) is 5.69 Å². The van der Waals surface area contributed by atoms with Crippen molar-refractivity contribution in [2.45, 2.75) is 40.3 Å². The number of halogens is 1. The molecule has 0 aliphatic heterocycles. The lowest BCUT2D eigenvalue weighted by Crippen LogP contribution is -2.03. The van der Waals surface area contributed by atoms with Gasteiger partial charge in [0, 0.05) is 11.6 Å². The summed E-state index contributed by atoms with van der Waals surface area (Å²) in [4.78, 5) is 15.7. The molecule has 25 heavy (non-hydrogen) atoms. The van der Waals surface area contributed by atoms with Gasteiger partial charge >= 0.3 is 5.97 Å². The molecule has 1 heterocycles. The van der Waals surface area contributed by atoms with Crippen LogP contribution in [0, 0.1) is 0 Å². The van der Waals surface area contributed by atoms with Gasteiger partial charge in [-0.3, -0.25) is 4.57 Å². The summed E-state index contributed by atoms with van der Waals surface area (Å²) in [6.07, 6.45) is 0. The van der Waals surface area contributed by atoms with Gasteiger partial charge in [0.25, 0.3) is 0 Å². The van der Waals surface area contributed by atoms with Crippen LogP contribution in [0.4, 0.5) is 4.39 Å². The molecule has 0 aliphatic carbocycles. The van der Waals surface area contributed by atoms with Crippen molar-refractivity contribution >= 4 is 17.0 Å². The fourth-order valence-corrected chi connectivity index (χ4v) is 2.62. The van der Waals surface area contributed by atoms with Crippen molar-refractivity contribution in [2.24, 2.45) is 0 Å². The molecule has 0 saturated carbocycles. The number of imidazole rings is 1. The number of aromatic nitrogens is 2. The molecule has 3 rings (SSSR count). The Bertz CT molecular complexity index is 867. The van der Waals surface area contributed by atoms with Gasteiger partial charge in [0.15, 0.2) is 0 Å². The first-order valence-corrected chi connectivity index (χ1v) is 8.42. The molecular weight excluding hydrogens is 319 g/mol. The van der Waals surface area contributed by atoms with E-state index in [9.17, 15) is 9.18 Å². The predicted molar refractivity (Wildman–Crippen MR) is 98.3 cm³/mol. The number of fused-ring (bicyclic) bond motifs is 1. The standard InChI is InChI=1S/C18H17FN2O2.C2H6/c1-11(2)17-20-15-9-13(18(22)23)5-8-16(15)21(17)14-6-3-12(10-19)4-7-14;1-2/h3-9,11H,10H2,1-2H3,(H,22,23);1-2H3. The van der Waals surface area contributed by atoms with Gasteiger partial charge in [-0.05, 0) is 35.9 Å². The third kappa shape index (κ3) is 3.71. The number of carboxylic acids is 1. The summed E-state index contributed by atoms with van der Waals surface area (Å²) < 4.78 is 14.7. The topological polar surface area (TPSA) is 55.1 Å². The van der Waals surface area contributed by atoms with Crippen molar-refractivity contribution < 1.29 is 14.3 Å². The number of carbonyl (C=O) groups is 1. The first-order valence-electron chi connectivity index (χ1n) is 8.42. The maximum Gasteiger partial charge on any atom is 0.335 e. The Morgan fingerprint density at radius 3 is 2.32 bits per heavy atom. The highest BCUT2D eigenvalue weighted by molar-refractivity contribution is 5.92. The zero-order valence-corrected chi connectivity index (χ0v) is 15.0. The Morgan fingerprint density at radius 1 is 1.16 bits per heavy atom. The smallest absolute Gasteiger partial charge is 0.335 e. The molecule has 0 spiro atoms. The van der Waals surface area contributed by atoms with Crippen molar-refractivity contribution in [1.29, 1.82) is 0 Å². The van der Waals surface area contributed by atoms with Crippen LogP contribution >= 0.6 is 0 Å². The van der Waals surface area contributed by atoms with E-state index in [0.29, 0.717) is 11.1 Å². The summed E-state index contributed by atoms with van der Waals surface area (Å²) in [7, 11) is 0. The molecule has 1 N–H and O–H groups in total. The number of alkyl halides is 1. The van der Waals surface area contributed by atoms with Gasteiger partial charge in [0.05, 0.1) is 16.6 Å². The van der Waals surface area contributed by atoms with Crippen molar-refractivity contribution in [3.63, 3.8) is 0 Å². The largest absolute Gasteiger partial charge is 0.478 e. The Morgan fingerprint density at radius 2 is 1.80 bits per heavy atom. The maximum absolute atomic E-state index is 12.7. The molecular formula is C20H23FN2O2. The van der Waals surface area contributed by atoms with E-state index in [2.05, 4.69) is 4.98 Å². The number of rotatable bonds is 4. The summed E-state index contributed by atoms with van der Waals surface area (Å²) in [5.74, 6) is 0.0342. The summed E-state index contributed by atoms with van der Waals surface area (Å²) in [6, 6.07) is 12.1. The molecule has 0 unspecified atom stereocenters. The van der Waals surface area contributed by atoms with E-state index in [1.807, 2.05) is 44.4 Å². The van der Waals surface area contributed by atoms with Crippen LogP contribution in [0.2, 0.25) is 0 Å². The average molecular weight is 342 g/mol. The lowest BCUT2D eigenvalue weighted by molar-refractivity contribution is 0.0697. The molecule has 0 bridgehead atoms. The van der Waals surface area contributed by atoms with E-state index in [1.165, 1.54) is 0 Å². The predicted octanol–water partition coefficient (Wildman–Crippen LogP) is 5.34. The second-order valence-electron chi connectivity index (χ2n) is 5.77. The van der Waals surface area contributed by atoms with Crippen LogP contribution in [0.5, 0.6) is 0 Å². The van der Waals surface area contributed by atoms with Gasteiger partial charge in [-0.15, -0.1) is 0 Å². The van der Waals surface area contributed by atoms with Gasteiger partial charge in [-0.1, -0.05) is 39.8 Å². The number of aromatic carboxylic acids is 1. The highest BCUT2D eigenvalue weighted by atomic mass is 19.1. The summed E-state index contributed by atoms with van der Waals surface area (Å²) in [5.41, 5.74) is 3.20. The van der Waals surface area contributed by atoms with E-state index in [0.717, 1.165) is 17.0 Å². The fourth-order valence-electron chi connectivity index (χ4n) is 2.62. The molecule has 3 aromatic rings. The number of hydrogen-bond donors (Lipinski definition) is 1. The number of nitrogens with zero attached hydrogens (tertiary/aromatic N) is 2. The minimum absolute atomic E-state index is 0.163. The van der Waals surface area contributed by atoms with Gasteiger partial charge in [0.2, 0.25) is 0 Å². The molecule has 0 amide bonds. The Balaban J connectivity index is 0.00000109. The second-order valence-corrected chi connectivity index (χ2v) is 5.77. The van der Waals surface area contributed by atoms with Crippen LogP contribution in [-0.2, 0) is 6.67 Å². The first kappa shape index (κ1) is 18.6. The lowest BCUT2D eigenvalue weighted by atomic mass is 10.1. The van der Waals surface area contributed by atoms with Gasteiger partial charge < -0.3 is 5.11 Å². The third-order valence-corrected chi connectivity index (χ3v) is 3.79. The minimum atomic E-state index is -0.972. The van der Waals surface area contributed by atoms with Crippen LogP contribution < -0.4 is 0 Å². The Hall–Kier alpha value is -2.69. The molecule has 5 heteroatoms. The van der Waals surface area contributed by atoms with Crippen molar-refractivity contribution in [2.75, 3.05) is 0 Å². The lowest BCUT2D eigenvalue weighted by Gasteiger charge is -2.12. The van der Waals surface area contributed by atoms with Crippen molar-refractivity contribution in [1.82, 2.24) is 9.55 Å². The third-order valence-electron chi connectivity index (χ3n) is 3.79. The molecule has 1 aromatic heterocycles. The first-order chi connectivity index (χ1) is 12.0. The monoisotopic (exact) mass is 342 g/mol. The van der Waals surface area contributed by atoms with E-state index >= 15 is 0 Å². The van der Waals surface area contributed by atoms with E-state index in [1.54, 1.807) is 30.3 Å². The average Bonchev–Trinajstić information content (AvgIpc) is 3.02. The van der Waals surface area contributed by atoms with Crippen LogP contribution in [-0.4, -0.2) is 20.6 Å². The SMILES string of the molecule is CC.CC(C)c1nc2cc(C(=O)O)ccc2n1-c1ccc(CF)cc1. The molecule has 0 saturated heterocycles. The van der Waals surface area contributed by atoms with Gasteiger partial charge in [0.1, 0.15) is 12.5 Å². The van der Waals surface area contributed by atoms with Crippen LogP contribution in [0.1, 0.15) is 55.4 Å². The van der Waals surface area contributed by atoms with Crippen LogP contribution in [0.3, 0.4) is 0 Å². The molecule has 0 radical (unpaired) electrons. The summed E-state index contributed by atoms with van der Waals surface area (Å²) >= 11 is 0. The molecule has 4 nitrogen and oxygen atoms in total. The highest BCUT2D eigenvalue weighted by Gasteiger charge is 2.16. The molecule has 2 aromatic carbocycles. The number of hydrogen-bond acceptors (Lipinski definition) is 2. The van der Waals surface area contributed by atoms with Crippen LogP contribution in [0.25, 0.3) is 16.7 Å². The quantitative estimate of drug-likeness (QED) is 0.696. The zero-order chi connectivity index (χ0) is 18.6. The minimum Gasteiger partial charge on any atom is -0.478 e. The summed E-state index contributed by atoms with van der Waals surface area (Å²) in [5, 5.41) is 9.13. The second kappa shape index (κ2) is 7.92. The Labute approximate surface area is 146 Å². The molecule has 0 aliphatic rings. The molecule has 132 valence electrons. The highest BCUT2D eigenvalue weighted by Crippen LogP contribution is 2.27. The zero-order valence-electron chi connectivity index (χ0n) is 15.0.